The number of ketones is 1. The van der Waals surface area contributed by atoms with E-state index in [1.54, 1.807) is 11.3 Å². The minimum atomic E-state index is 0.170. The predicted molar refractivity (Wildman–Crippen MR) is 95.4 cm³/mol. The molecule has 1 aromatic heterocycles. The lowest BCUT2D eigenvalue weighted by Crippen LogP contribution is -2.35. The van der Waals surface area contributed by atoms with Gasteiger partial charge in [-0.05, 0) is 41.5 Å². The Morgan fingerprint density at radius 3 is 2.83 bits per heavy atom. The summed E-state index contributed by atoms with van der Waals surface area (Å²) in [6.45, 7) is 3.40. The van der Waals surface area contributed by atoms with E-state index in [2.05, 4.69) is 17.0 Å². The van der Waals surface area contributed by atoms with E-state index in [1.807, 2.05) is 24.3 Å². The molecule has 23 heavy (non-hydrogen) atoms. The molecular weight excluding hydrogens is 330 g/mol. The highest BCUT2D eigenvalue weighted by Gasteiger charge is 2.25. The van der Waals surface area contributed by atoms with Crippen LogP contribution in [0.4, 0.5) is 5.00 Å². The number of carbonyl (C=O) groups is 1. The number of hydrogen-bond donors (Lipinski definition) is 0. The Labute approximate surface area is 144 Å². The number of hydrogen-bond acceptors (Lipinski definition) is 4. The highest BCUT2D eigenvalue weighted by molar-refractivity contribution is 7.17. The van der Waals surface area contributed by atoms with Gasteiger partial charge in [-0.3, -0.25) is 4.79 Å². The monoisotopic (exact) mass is 345 g/mol. The first kappa shape index (κ1) is 14.9. The summed E-state index contributed by atoms with van der Waals surface area (Å²) in [4.78, 5) is 15.8. The number of morpholine rings is 1. The molecule has 0 saturated carbocycles. The molecule has 0 bridgehead atoms. The van der Waals surface area contributed by atoms with Crippen molar-refractivity contribution in [3.63, 3.8) is 0 Å². The summed E-state index contributed by atoms with van der Waals surface area (Å²) in [5.74, 6) is 0.170. The highest BCUT2D eigenvalue weighted by atomic mass is 35.5. The van der Waals surface area contributed by atoms with E-state index in [9.17, 15) is 4.79 Å². The van der Waals surface area contributed by atoms with Crippen LogP contribution in [0.5, 0.6) is 0 Å². The summed E-state index contributed by atoms with van der Waals surface area (Å²) in [6.07, 6.45) is 2.47. The van der Waals surface area contributed by atoms with Gasteiger partial charge < -0.3 is 9.64 Å². The standard InChI is InChI=1S/C18H16ClNO2S/c19-13-2-1-12-9-17(21)16(15(12)10-13)11-14-3-4-18(23-14)20-5-7-22-8-6-20/h1-4,10-11H,5-9H2/b16-11-. The van der Waals surface area contributed by atoms with E-state index in [0.717, 1.165) is 47.9 Å². The lowest BCUT2D eigenvalue weighted by molar-refractivity contribution is -0.112. The Morgan fingerprint density at radius 2 is 2.00 bits per heavy atom. The molecule has 2 heterocycles. The average Bonchev–Trinajstić information content (AvgIpc) is 3.15. The molecule has 1 saturated heterocycles. The number of Topliss-reactive ketones (excluding diaryl/α,β-unsaturated/α-hetero) is 1. The van der Waals surface area contributed by atoms with Crippen LogP contribution in [0.3, 0.4) is 0 Å². The molecule has 3 nitrogen and oxygen atoms in total. The fourth-order valence-corrected chi connectivity index (χ4v) is 4.22. The number of benzene rings is 1. The molecule has 0 unspecified atom stereocenters. The summed E-state index contributed by atoms with van der Waals surface area (Å²) in [5, 5.41) is 1.90. The van der Waals surface area contributed by atoms with Crippen molar-refractivity contribution in [2.75, 3.05) is 31.2 Å². The number of carbonyl (C=O) groups excluding carboxylic acids is 1. The van der Waals surface area contributed by atoms with Gasteiger partial charge in [0.2, 0.25) is 0 Å². The first-order valence-corrected chi connectivity index (χ1v) is 8.86. The molecule has 1 aliphatic heterocycles. The van der Waals surface area contributed by atoms with Crippen LogP contribution < -0.4 is 4.90 Å². The number of nitrogens with zero attached hydrogens (tertiary/aromatic N) is 1. The third kappa shape index (κ3) is 2.94. The second-order valence-corrected chi connectivity index (χ2v) is 7.27. The number of halogens is 1. The van der Waals surface area contributed by atoms with Crippen molar-refractivity contribution >= 4 is 45.4 Å². The Balaban J connectivity index is 1.65. The molecule has 1 fully saturated rings. The van der Waals surface area contributed by atoms with E-state index < -0.39 is 0 Å². The van der Waals surface area contributed by atoms with Gasteiger partial charge in [-0.1, -0.05) is 17.7 Å². The zero-order valence-electron chi connectivity index (χ0n) is 12.5. The van der Waals surface area contributed by atoms with Crippen molar-refractivity contribution in [2.45, 2.75) is 6.42 Å². The van der Waals surface area contributed by atoms with Gasteiger partial charge in [0.15, 0.2) is 5.78 Å². The number of ether oxygens (including phenoxy) is 1. The van der Waals surface area contributed by atoms with Gasteiger partial charge >= 0.3 is 0 Å². The molecule has 1 aliphatic carbocycles. The first-order valence-electron chi connectivity index (χ1n) is 7.67. The molecule has 0 radical (unpaired) electrons. The van der Waals surface area contributed by atoms with Gasteiger partial charge in [0.05, 0.1) is 18.2 Å². The van der Waals surface area contributed by atoms with Crippen LogP contribution in [0.1, 0.15) is 16.0 Å². The summed E-state index contributed by atoms with van der Waals surface area (Å²) < 4.78 is 5.39. The number of fused-ring (bicyclic) bond motifs is 1. The minimum Gasteiger partial charge on any atom is -0.378 e. The largest absolute Gasteiger partial charge is 0.378 e. The van der Waals surface area contributed by atoms with Crippen LogP contribution in [0.25, 0.3) is 11.6 Å². The summed E-state index contributed by atoms with van der Waals surface area (Å²) in [5.41, 5.74) is 2.82. The smallest absolute Gasteiger partial charge is 0.167 e. The molecule has 5 heteroatoms. The van der Waals surface area contributed by atoms with E-state index in [4.69, 9.17) is 16.3 Å². The molecule has 0 spiro atoms. The third-order valence-electron chi connectivity index (χ3n) is 4.24. The summed E-state index contributed by atoms with van der Waals surface area (Å²) >= 11 is 7.81. The molecule has 0 N–H and O–H groups in total. The zero-order valence-corrected chi connectivity index (χ0v) is 14.1. The second-order valence-electron chi connectivity index (χ2n) is 5.73. The quantitative estimate of drug-likeness (QED) is 0.773. The topological polar surface area (TPSA) is 29.5 Å². The normalized spacial score (nSPS) is 19.4. The molecule has 2 aliphatic rings. The van der Waals surface area contributed by atoms with Crippen LogP contribution in [-0.4, -0.2) is 32.1 Å². The number of anilines is 1. The van der Waals surface area contributed by atoms with Crippen molar-refractivity contribution in [2.24, 2.45) is 0 Å². The average molecular weight is 346 g/mol. The van der Waals surface area contributed by atoms with Gasteiger partial charge in [0.1, 0.15) is 0 Å². The third-order valence-corrected chi connectivity index (χ3v) is 5.56. The lowest BCUT2D eigenvalue weighted by Gasteiger charge is -2.27. The molecular formula is C18H16ClNO2S. The maximum atomic E-state index is 12.3. The van der Waals surface area contributed by atoms with E-state index in [1.165, 1.54) is 5.00 Å². The molecule has 0 atom stereocenters. The van der Waals surface area contributed by atoms with Gasteiger partial charge in [0, 0.05) is 35.0 Å². The van der Waals surface area contributed by atoms with Gasteiger partial charge in [-0.15, -0.1) is 11.3 Å². The van der Waals surface area contributed by atoms with Gasteiger partial charge in [0.25, 0.3) is 0 Å². The van der Waals surface area contributed by atoms with Crippen molar-refractivity contribution in [1.82, 2.24) is 0 Å². The summed E-state index contributed by atoms with van der Waals surface area (Å²) in [7, 11) is 0. The number of thiophene rings is 1. The Morgan fingerprint density at radius 1 is 1.17 bits per heavy atom. The highest BCUT2D eigenvalue weighted by Crippen LogP contribution is 2.35. The van der Waals surface area contributed by atoms with E-state index >= 15 is 0 Å². The predicted octanol–water partition coefficient (Wildman–Crippen LogP) is 3.90. The molecule has 118 valence electrons. The van der Waals surface area contributed by atoms with Crippen molar-refractivity contribution in [3.05, 3.63) is 51.4 Å². The molecule has 2 aromatic rings. The van der Waals surface area contributed by atoms with Crippen molar-refractivity contribution in [1.29, 1.82) is 0 Å². The maximum Gasteiger partial charge on any atom is 0.167 e. The zero-order chi connectivity index (χ0) is 15.8. The summed E-state index contributed by atoms with van der Waals surface area (Å²) in [6, 6.07) is 9.89. The van der Waals surface area contributed by atoms with Crippen LogP contribution in [0, 0.1) is 0 Å². The van der Waals surface area contributed by atoms with Crippen LogP contribution in [0.15, 0.2) is 30.3 Å². The van der Waals surface area contributed by atoms with Crippen molar-refractivity contribution < 1.29 is 9.53 Å². The van der Waals surface area contributed by atoms with E-state index in [-0.39, 0.29) is 5.78 Å². The first-order chi connectivity index (χ1) is 11.2. The minimum absolute atomic E-state index is 0.170. The van der Waals surface area contributed by atoms with Gasteiger partial charge in [-0.2, -0.15) is 0 Å². The van der Waals surface area contributed by atoms with E-state index in [0.29, 0.717) is 11.4 Å². The fourth-order valence-electron chi connectivity index (χ4n) is 3.05. The van der Waals surface area contributed by atoms with Crippen LogP contribution in [0.2, 0.25) is 5.02 Å². The second kappa shape index (κ2) is 6.11. The van der Waals surface area contributed by atoms with Gasteiger partial charge in [-0.25, -0.2) is 0 Å². The Kier molecular flexibility index (Phi) is 3.97. The molecule has 1 aromatic carbocycles. The SMILES string of the molecule is O=C1Cc2ccc(Cl)cc2/C1=C/c1ccc(N2CCOCC2)s1. The Bertz CT molecular complexity index is 790. The molecule has 4 rings (SSSR count). The molecule has 0 amide bonds. The maximum absolute atomic E-state index is 12.3. The van der Waals surface area contributed by atoms with Crippen molar-refractivity contribution in [3.8, 4) is 0 Å². The fraction of sp³-hybridized carbons (Fsp3) is 0.278. The van der Waals surface area contributed by atoms with Crippen LogP contribution >= 0.6 is 22.9 Å². The Hall–Kier alpha value is -1.62. The van der Waals surface area contributed by atoms with Crippen LogP contribution in [-0.2, 0) is 16.0 Å². The number of allylic oxidation sites excluding steroid dienone is 1. The number of rotatable bonds is 2. The lowest BCUT2D eigenvalue weighted by atomic mass is 10.1.